The molecule has 1 aromatic carbocycles. The molecular formula is C40H45F2N13O4. The number of morpholine rings is 1. The molecule has 10 heterocycles. The molecular weight excluding hydrogens is 765 g/mol. The number of rotatable bonds is 9. The first-order valence-corrected chi connectivity index (χ1v) is 20.6. The number of benzene rings is 1. The lowest BCUT2D eigenvalue weighted by atomic mass is 9.92. The van der Waals surface area contributed by atoms with E-state index in [1.54, 1.807) is 17.1 Å². The average molecular weight is 810 g/mol. The van der Waals surface area contributed by atoms with Gasteiger partial charge < -0.3 is 19.9 Å². The number of carbonyl (C=O) groups excluding carboxylic acids is 3. The number of imide groups is 1. The number of hydrogen-bond donors (Lipinski definition) is 2. The molecule has 5 aromatic rings. The normalized spacial score (nSPS) is 24.8. The highest BCUT2D eigenvalue weighted by Gasteiger charge is 2.43. The number of fused-ring (bicyclic) bond motifs is 4. The maximum atomic E-state index is 14.3. The minimum Gasteiger partial charge on any atom is -0.374 e. The van der Waals surface area contributed by atoms with Crippen molar-refractivity contribution in [3.05, 3.63) is 59.8 Å². The molecule has 11 rings (SSSR count). The van der Waals surface area contributed by atoms with Crippen molar-refractivity contribution in [1.82, 2.24) is 49.3 Å². The number of halogens is 2. The van der Waals surface area contributed by atoms with Gasteiger partial charge in [-0.3, -0.25) is 38.9 Å². The van der Waals surface area contributed by atoms with E-state index in [4.69, 9.17) is 14.8 Å². The van der Waals surface area contributed by atoms with Gasteiger partial charge in [0.25, 0.3) is 12.3 Å². The van der Waals surface area contributed by atoms with E-state index in [-0.39, 0.29) is 41.3 Å². The van der Waals surface area contributed by atoms with Crippen LogP contribution in [0, 0.1) is 0 Å². The molecule has 6 fully saturated rings. The third-order valence-electron chi connectivity index (χ3n) is 13.4. The van der Waals surface area contributed by atoms with E-state index in [1.165, 1.54) is 10.7 Å². The molecule has 1 unspecified atom stereocenters. The summed E-state index contributed by atoms with van der Waals surface area (Å²) in [5, 5.41) is 19.5. The number of piperidine rings is 2. The van der Waals surface area contributed by atoms with Crippen molar-refractivity contribution in [3.63, 3.8) is 0 Å². The van der Waals surface area contributed by atoms with E-state index in [1.807, 2.05) is 29.9 Å². The van der Waals surface area contributed by atoms with Crippen LogP contribution in [0.25, 0.3) is 16.6 Å². The van der Waals surface area contributed by atoms with Crippen LogP contribution in [-0.4, -0.2) is 138 Å². The number of likely N-dealkylation sites (tertiary alicyclic amines) is 2. The molecule has 3 amide bonds. The Kier molecular flexibility index (Phi) is 8.70. The number of nitrogens with one attached hydrogen (secondary N) is 2. The molecule has 6 saturated heterocycles. The molecule has 3 atom stereocenters. The number of anilines is 3. The Morgan fingerprint density at radius 2 is 1.78 bits per heavy atom. The van der Waals surface area contributed by atoms with Gasteiger partial charge in [0.2, 0.25) is 11.8 Å². The maximum Gasteiger partial charge on any atom is 0.284 e. The van der Waals surface area contributed by atoms with Crippen LogP contribution < -0.4 is 20.4 Å². The highest BCUT2D eigenvalue weighted by molar-refractivity contribution is 6.08. The number of amides is 3. The molecule has 0 spiro atoms. The van der Waals surface area contributed by atoms with E-state index in [9.17, 15) is 23.2 Å². The Morgan fingerprint density at radius 1 is 0.966 bits per heavy atom. The van der Waals surface area contributed by atoms with Gasteiger partial charge in [-0.1, -0.05) is 12.1 Å². The summed E-state index contributed by atoms with van der Waals surface area (Å²) in [6, 6.07) is 9.09. The molecule has 19 heteroatoms. The lowest BCUT2D eigenvalue weighted by molar-refractivity contribution is -0.134. The Bertz CT molecular complexity index is 2480. The van der Waals surface area contributed by atoms with Crippen LogP contribution in [-0.2, 0) is 21.4 Å². The number of nitrogens with zero attached hydrogens (tertiary/aromatic N) is 11. The zero-order valence-corrected chi connectivity index (χ0v) is 32.6. The highest BCUT2D eigenvalue weighted by atomic mass is 19.3. The van der Waals surface area contributed by atoms with Crippen LogP contribution in [0.1, 0.15) is 72.2 Å². The Balaban J connectivity index is 0.692. The Hall–Kier alpha value is -5.53. The van der Waals surface area contributed by atoms with Gasteiger partial charge >= 0.3 is 0 Å². The Labute approximate surface area is 337 Å². The number of ether oxygens (including phenoxy) is 1. The number of carbonyl (C=O) groups is 3. The van der Waals surface area contributed by atoms with Gasteiger partial charge in [-0.25, -0.2) is 18.3 Å². The van der Waals surface area contributed by atoms with Crippen LogP contribution in [0.3, 0.4) is 0 Å². The van der Waals surface area contributed by atoms with Crippen molar-refractivity contribution in [2.24, 2.45) is 7.05 Å². The van der Waals surface area contributed by atoms with Crippen molar-refractivity contribution in [2.45, 2.75) is 74.7 Å². The number of aromatic nitrogens is 7. The lowest BCUT2D eigenvalue weighted by Crippen LogP contribution is -2.70. The second-order valence-corrected chi connectivity index (χ2v) is 16.9. The van der Waals surface area contributed by atoms with Gasteiger partial charge in [-0.05, 0) is 37.8 Å². The lowest BCUT2D eigenvalue weighted by Gasteiger charge is -2.55. The molecule has 6 aliphatic rings. The molecule has 17 nitrogen and oxygen atoms in total. The molecule has 2 N–H and O–H groups in total. The fourth-order valence-corrected chi connectivity index (χ4v) is 10.1. The molecule has 0 saturated carbocycles. The summed E-state index contributed by atoms with van der Waals surface area (Å²) in [7, 11) is 1.91. The van der Waals surface area contributed by atoms with Crippen molar-refractivity contribution >= 4 is 51.5 Å². The number of para-hydroxylation sites is 1. The van der Waals surface area contributed by atoms with E-state index in [0.29, 0.717) is 37.2 Å². The molecule has 0 aliphatic carbocycles. The van der Waals surface area contributed by atoms with Gasteiger partial charge in [0, 0.05) is 89.1 Å². The largest absolute Gasteiger partial charge is 0.374 e. The number of hydrogen-bond acceptors (Lipinski definition) is 12. The van der Waals surface area contributed by atoms with Crippen molar-refractivity contribution in [1.29, 1.82) is 0 Å². The first-order valence-electron chi connectivity index (χ1n) is 20.6. The summed E-state index contributed by atoms with van der Waals surface area (Å²) in [4.78, 5) is 52.3. The van der Waals surface area contributed by atoms with Crippen molar-refractivity contribution in [2.75, 3.05) is 67.5 Å². The predicted octanol–water partition coefficient (Wildman–Crippen LogP) is 2.71. The predicted molar refractivity (Wildman–Crippen MR) is 211 cm³/mol. The second kappa shape index (κ2) is 14.0. The molecule has 308 valence electrons. The van der Waals surface area contributed by atoms with Crippen LogP contribution in [0.5, 0.6) is 0 Å². The summed E-state index contributed by atoms with van der Waals surface area (Å²) in [6.45, 7) is 6.84. The monoisotopic (exact) mass is 809 g/mol. The summed E-state index contributed by atoms with van der Waals surface area (Å²) >= 11 is 0. The topological polar surface area (TPSA) is 163 Å². The Morgan fingerprint density at radius 3 is 2.53 bits per heavy atom. The molecule has 0 radical (unpaired) electrons. The molecule has 59 heavy (non-hydrogen) atoms. The van der Waals surface area contributed by atoms with Crippen LogP contribution in [0.2, 0.25) is 0 Å². The summed E-state index contributed by atoms with van der Waals surface area (Å²) in [5.41, 5.74) is 2.93. The number of aryl methyl sites for hydroxylation is 1. The van der Waals surface area contributed by atoms with Crippen molar-refractivity contribution in [3.8, 4) is 0 Å². The average Bonchev–Trinajstić information content (AvgIpc) is 4.04. The second-order valence-electron chi connectivity index (χ2n) is 16.9. The van der Waals surface area contributed by atoms with E-state index >= 15 is 0 Å². The third kappa shape index (κ3) is 6.23. The molecule has 2 bridgehead atoms. The van der Waals surface area contributed by atoms with Crippen LogP contribution in [0.15, 0.2) is 42.9 Å². The minimum absolute atomic E-state index is 0.00417. The maximum absolute atomic E-state index is 14.3. The molecule has 6 aliphatic heterocycles. The SMILES string of the molecule is Cn1nc(C2CCC(=O)NC2=O)c2cccc(N3CC(N4CC(N5CCC(n6cc(NC(=O)c7cnn8ccc(N9C[C@H]%10C[C@@H]9CO%10)nc78)c(C(F)F)n6)CC5)C4)C3)c21. The fourth-order valence-electron chi connectivity index (χ4n) is 10.1. The van der Waals surface area contributed by atoms with E-state index < -0.39 is 23.9 Å². The summed E-state index contributed by atoms with van der Waals surface area (Å²) in [5.74, 6) is -0.781. The smallest absolute Gasteiger partial charge is 0.284 e. The van der Waals surface area contributed by atoms with Gasteiger partial charge in [-0.15, -0.1) is 0 Å². The quantitative estimate of drug-likeness (QED) is 0.210. The summed E-state index contributed by atoms with van der Waals surface area (Å²) in [6.07, 6.45) is 5.30. The first-order chi connectivity index (χ1) is 28.6. The fraction of sp³-hybridized carbons (Fsp3) is 0.525. The van der Waals surface area contributed by atoms with Gasteiger partial charge in [0.05, 0.1) is 59.5 Å². The first kappa shape index (κ1) is 36.5. The van der Waals surface area contributed by atoms with E-state index in [2.05, 4.69) is 46.5 Å². The van der Waals surface area contributed by atoms with Gasteiger partial charge in [0.1, 0.15) is 11.4 Å². The van der Waals surface area contributed by atoms with Crippen LogP contribution in [0.4, 0.5) is 26.0 Å². The van der Waals surface area contributed by atoms with Gasteiger partial charge in [-0.2, -0.15) is 15.3 Å². The summed E-state index contributed by atoms with van der Waals surface area (Å²) < 4.78 is 39.3. The minimum atomic E-state index is -2.86. The zero-order valence-electron chi connectivity index (χ0n) is 32.6. The van der Waals surface area contributed by atoms with Crippen molar-refractivity contribution < 1.29 is 27.9 Å². The van der Waals surface area contributed by atoms with Crippen LogP contribution >= 0.6 is 0 Å². The number of alkyl halides is 2. The van der Waals surface area contributed by atoms with Gasteiger partial charge in [0.15, 0.2) is 11.3 Å². The highest BCUT2D eigenvalue weighted by Crippen LogP contribution is 2.38. The molecule has 4 aromatic heterocycles. The van der Waals surface area contributed by atoms with E-state index in [0.717, 1.165) is 93.2 Å². The third-order valence-corrected chi connectivity index (χ3v) is 13.4. The standard InChI is InChI=1S/C40H45F2N13O4/c1-49-36-27(34(47-49)28-5-6-33(56)46-39(28)57)3-2-4-31(36)52-17-25(18-52)51-15-24(16-51)50-10-7-22(8-11-50)55-20-30(35(48-55)37(41)42)44-40(58)29-14-43-54-12-9-32(45-38(29)54)53-19-26-13-23(53)21-59-26/h2-4,9,12,14,20,22-26,28,37H,5-8,10-11,13,15-19,21H2,1H3,(H,44,58)(H,46,56,57)/t23-,26-,28?/m1/s1. The zero-order chi connectivity index (χ0) is 40.1.